The number of aryl methyl sites for hydroxylation is 1. The van der Waals surface area contributed by atoms with E-state index in [0.717, 1.165) is 35.7 Å². The van der Waals surface area contributed by atoms with E-state index in [-0.39, 0.29) is 11.8 Å². The molecule has 8 heteroatoms. The molecule has 1 aliphatic rings. The largest absolute Gasteiger partial charge is 0.465 e. The van der Waals surface area contributed by atoms with Crippen LogP contribution >= 0.6 is 11.3 Å². The number of pyridine rings is 1. The van der Waals surface area contributed by atoms with Gasteiger partial charge in [-0.05, 0) is 25.3 Å². The number of methoxy groups -OCH3 is 1. The van der Waals surface area contributed by atoms with Gasteiger partial charge in [-0.1, -0.05) is 20.8 Å². The standard InChI is InChI=1S/C18H18N4O3S.C2H6/c1-3-10-8-26-17(20-10)13-6-11-12(18(24)25-2)7-19-15(14(11)21-13)22-16(23)9-4-5-9;1-2/h6-9,21H,3-5H2,1-2H3,(H,19,22,23);1-2H3. The van der Waals surface area contributed by atoms with Crippen LogP contribution in [0.15, 0.2) is 17.6 Å². The molecule has 7 nitrogen and oxygen atoms in total. The summed E-state index contributed by atoms with van der Waals surface area (Å²) in [6.45, 7) is 6.05. The highest BCUT2D eigenvalue weighted by Crippen LogP contribution is 2.34. The van der Waals surface area contributed by atoms with Gasteiger partial charge in [-0.2, -0.15) is 0 Å². The Morgan fingerprint density at radius 3 is 2.71 bits per heavy atom. The van der Waals surface area contributed by atoms with E-state index in [1.807, 2.05) is 25.3 Å². The van der Waals surface area contributed by atoms with E-state index < -0.39 is 5.97 Å². The fraction of sp³-hybridized carbons (Fsp3) is 0.400. The quantitative estimate of drug-likeness (QED) is 0.618. The zero-order valence-electron chi connectivity index (χ0n) is 16.5. The maximum absolute atomic E-state index is 12.1. The normalized spacial score (nSPS) is 13.0. The van der Waals surface area contributed by atoms with Crippen molar-refractivity contribution in [2.75, 3.05) is 12.4 Å². The van der Waals surface area contributed by atoms with Gasteiger partial charge in [-0.15, -0.1) is 11.3 Å². The van der Waals surface area contributed by atoms with Crippen LogP contribution in [-0.4, -0.2) is 33.9 Å². The Hall–Kier alpha value is -2.74. The number of carbonyl (C=O) groups excluding carboxylic acids is 2. The van der Waals surface area contributed by atoms with Crippen LogP contribution in [0.25, 0.3) is 21.6 Å². The minimum atomic E-state index is -0.471. The number of fused-ring (bicyclic) bond motifs is 1. The summed E-state index contributed by atoms with van der Waals surface area (Å²) < 4.78 is 4.86. The first kappa shape index (κ1) is 20.0. The highest BCUT2D eigenvalue weighted by molar-refractivity contribution is 7.13. The number of amides is 1. The molecule has 0 aromatic carbocycles. The Kier molecular flexibility index (Phi) is 6.08. The van der Waals surface area contributed by atoms with Crippen molar-refractivity contribution in [3.05, 3.63) is 28.9 Å². The van der Waals surface area contributed by atoms with Crippen molar-refractivity contribution < 1.29 is 14.3 Å². The van der Waals surface area contributed by atoms with E-state index in [1.165, 1.54) is 24.6 Å². The van der Waals surface area contributed by atoms with E-state index in [2.05, 4.69) is 27.2 Å². The summed E-state index contributed by atoms with van der Waals surface area (Å²) in [5.74, 6) is -0.0273. The second-order valence-corrected chi connectivity index (χ2v) is 7.10. The SMILES string of the molecule is CC.CCc1csc(-c2cc3c(C(=O)OC)cnc(NC(=O)C4CC4)c3[nH]2)n1. The Labute approximate surface area is 167 Å². The van der Waals surface area contributed by atoms with Crippen LogP contribution in [0, 0.1) is 5.92 Å². The maximum atomic E-state index is 12.1. The Bertz CT molecular complexity index is 1000. The molecule has 1 amide bonds. The number of ether oxygens (including phenoxy) is 1. The molecule has 1 aliphatic carbocycles. The first-order valence-electron chi connectivity index (χ1n) is 9.46. The summed E-state index contributed by atoms with van der Waals surface area (Å²) in [5.41, 5.74) is 2.74. The van der Waals surface area contributed by atoms with Gasteiger partial charge in [0.05, 0.1) is 29.6 Å². The maximum Gasteiger partial charge on any atom is 0.340 e. The lowest BCUT2D eigenvalue weighted by Crippen LogP contribution is -2.15. The smallest absolute Gasteiger partial charge is 0.340 e. The summed E-state index contributed by atoms with van der Waals surface area (Å²) in [7, 11) is 1.33. The predicted molar refractivity (Wildman–Crippen MR) is 111 cm³/mol. The van der Waals surface area contributed by atoms with Gasteiger partial charge in [-0.3, -0.25) is 4.79 Å². The average Bonchev–Trinajstić information content (AvgIpc) is 3.30. The summed E-state index contributed by atoms with van der Waals surface area (Å²) in [6, 6.07) is 1.86. The molecule has 4 rings (SSSR count). The molecule has 0 aliphatic heterocycles. The minimum Gasteiger partial charge on any atom is -0.465 e. The topological polar surface area (TPSA) is 97.0 Å². The molecule has 28 heavy (non-hydrogen) atoms. The van der Waals surface area contributed by atoms with Gasteiger partial charge < -0.3 is 15.0 Å². The van der Waals surface area contributed by atoms with E-state index in [1.54, 1.807) is 0 Å². The molecule has 0 saturated heterocycles. The molecule has 0 radical (unpaired) electrons. The zero-order chi connectivity index (χ0) is 20.3. The van der Waals surface area contributed by atoms with E-state index in [0.29, 0.717) is 22.3 Å². The number of rotatable bonds is 5. The van der Waals surface area contributed by atoms with Crippen molar-refractivity contribution in [1.29, 1.82) is 0 Å². The molecule has 0 spiro atoms. The number of hydrogen-bond acceptors (Lipinski definition) is 6. The van der Waals surface area contributed by atoms with Gasteiger partial charge in [0, 0.05) is 22.9 Å². The van der Waals surface area contributed by atoms with Crippen LogP contribution in [-0.2, 0) is 16.0 Å². The third-order valence-electron chi connectivity index (χ3n) is 4.41. The first-order valence-corrected chi connectivity index (χ1v) is 10.3. The lowest BCUT2D eigenvalue weighted by molar-refractivity contribution is -0.117. The molecule has 1 saturated carbocycles. The minimum absolute atomic E-state index is 0.0386. The lowest BCUT2D eigenvalue weighted by atomic mass is 10.1. The van der Waals surface area contributed by atoms with Crippen molar-refractivity contribution in [2.45, 2.75) is 40.0 Å². The number of hydrogen-bond donors (Lipinski definition) is 2. The molecule has 148 valence electrons. The second kappa shape index (κ2) is 8.52. The predicted octanol–water partition coefficient (Wildman–Crippen LogP) is 4.41. The number of thiazole rings is 1. The number of carbonyl (C=O) groups is 2. The van der Waals surface area contributed by atoms with Crippen molar-refractivity contribution >= 4 is 39.9 Å². The third-order valence-corrected chi connectivity index (χ3v) is 5.33. The second-order valence-electron chi connectivity index (χ2n) is 6.24. The summed E-state index contributed by atoms with van der Waals surface area (Å²) in [6.07, 6.45) is 4.11. The van der Waals surface area contributed by atoms with Crippen molar-refractivity contribution in [3.8, 4) is 10.7 Å². The molecule has 3 heterocycles. The number of aromatic nitrogens is 3. The molecule has 0 unspecified atom stereocenters. The van der Waals surface area contributed by atoms with Crippen LogP contribution in [0.2, 0.25) is 0 Å². The summed E-state index contributed by atoms with van der Waals surface area (Å²) in [4.78, 5) is 36.4. The van der Waals surface area contributed by atoms with Crippen LogP contribution < -0.4 is 5.32 Å². The highest BCUT2D eigenvalue weighted by Gasteiger charge is 2.30. The number of nitrogens with zero attached hydrogens (tertiary/aromatic N) is 2. The van der Waals surface area contributed by atoms with E-state index in [4.69, 9.17) is 4.74 Å². The fourth-order valence-electron chi connectivity index (χ4n) is 2.76. The number of anilines is 1. The van der Waals surface area contributed by atoms with Crippen molar-refractivity contribution in [2.24, 2.45) is 5.92 Å². The highest BCUT2D eigenvalue weighted by atomic mass is 32.1. The van der Waals surface area contributed by atoms with Crippen LogP contribution in [0.3, 0.4) is 0 Å². The van der Waals surface area contributed by atoms with Crippen LogP contribution in [0.4, 0.5) is 5.82 Å². The van der Waals surface area contributed by atoms with Gasteiger partial charge >= 0.3 is 5.97 Å². The zero-order valence-corrected chi connectivity index (χ0v) is 17.3. The lowest BCUT2D eigenvalue weighted by Gasteiger charge is -2.07. The van der Waals surface area contributed by atoms with E-state index >= 15 is 0 Å². The fourth-order valence-corrected chi connectivity index (χ4v) is 3.63. The van der Waals surface area contributed by atoms with Gasteiger partial charge in [0.1, 0.15) is 5.01 Å². The monoisotopic (exact) mass is 400 g/mol. The van der Waals surface area contributed by atoms with Gasteiger partial charge in [-0.25, -0.2) is 14.8 Å². The molecule has 1 fully saturated rings. The Morgan fingerprint density at radius 2 is 2.11 bits per heavy atom. The van der Waals surface area contributed by atoms with Gasteiger partial charge in [0.2, 0.25) is 5.91 Å². The van der Waals surface area contributed by atoms with Gasteiger partial charge in [0.25, 0.3) is 0 Å². The summed E-state index contributed by atoms with van der Waals surface area (Å²) in [5, 5.41) is 6.35. The van der Waals surface area contributed by atoms with Crippen molar-refractivity contribution in [1.82, 2.24) is 15.0 Å². The molecular weight excluding hydrogens is 376 g/mol. The van der Waals surface area contributed by atoms with E-state index in [9.17, 15) is 9.59 Å². The molecule has 3 aromatic heterocycles. The average molecular weight is 401 g/mol. The van der Waals surface area contributed by atoms with Crippen LogP contribution in [0.1, 0.15) is 49.7 Å². The molecular formula is C20H24N4O3S. The van der Waals surface area contributed by atoms with Crippen LogP contribution in [0.5, 0.6) is 0 Å². The van der Waals surface area contributed by atoms with Gasteiger partial charge in [0.15, 0.2) is 5.82 Å². The number of esters is 1. The van der Waals surface area contributed by atoms with Crippen molar-refractivity contribution in [3.63, 3.8) is 0 Å². The number of nitrogens with one attached hydrogen (secondary N) is 2. The number of aromatic amines is 1. The number of H-pyrrole nitrogens is 1. The molecule has 2 N–H and O–H groups in total. The first-order chi connectivity index (χ1) is 13.6. The third kappa shape index (κ3) is 3.91. The molecule has 3 aromatic rings. The Balaban J connectivity index is 0.00000109. The molecule has 0 atom stereocenters. The summed E-state index contributed by atoms with van der Waals surface area (Å²) >= 11 is 1.53. The molecule has 0 bridgehead atoms. The Morgan fingerprint density at radius 1 is 1.36 bits per heavy atom.